The van der Waals surface area contributed by atoms with Crippen molar-refractivity contribution in [3.63, 3.8) is 0 Å². The Kier molecular flexibility index (Phi) is 8.13. The minimum Gasteiger partial charge on any atom is -0.474 e. The molecule has 0 saturated carbocycles. The van der Waals surface area contributed by atoms with Crippen molar-refractivity contribution in [2.24, 2.45) is 11.8 Å². The molecular formula is C26H27Cl2N5O2. The smallest absolute Gasteiger partial charge is 0.225 e. The first kappa shape index (κ1) is 25.3. The van der Waals surface area contributed by atoms with Crippen LogP contribution in [0.25, 0.3) is 0 Å². The van der Waals surface area contributed by atoms with Gasteiger partial charge in [0.2, 0.25) is 11.8 Å². The molecular weight excluding hydrogens is 485 g/mol. The van der Waals surface area contributed by atoms with Crippen molar-refractivity contribution >= 4 is 29.1 Å². The highest BCUT2D eigenvalue weighted by molar-refractivity contribution is 6.42. The van der Waals surface area contributed by atoms with Crippen molar-refractivity contribution in [3.05, 3.63) is 57.7 Å². The van der Waals surface area contributed by atoms with Crippen LogP contribution in [-0.2, 0) is 4.79 Å². The van der Waals surface area contributed by atoms with E-state index in [1.54, 1.807) is 18.2 Å². The second-order valence-corrected chi connectivity index (χ2v) is 10.0. The number of amides is 1. The zero-order valence-electron chi connectivity index (χ0n) is 19.5. The first-order chi connectivity index (χ1) is 16.9. The van der Waals surface area contributed by atoms with Crippen LogP contribution in [0.15, 0.2) is 36.5 Å². The Balaban J connectivity index is 1.51. The predicted octanol–water partition coefficient (Wildman–Crippen LogP) is 4.51. The van der Waals surface area contributed by atoms with Gasteiger partial charge in [-0.3, -0.25) is 9.69 Å². The topological polar surface area (TPSA) is 93.2 Å². The summed E-state index contributed by atoms with van der Waals surface area (Å²) in [6.07, 6.45) is 2.78. The summed E-state index contributed by atoms with van der Waals surface area (Å²) in [5, 5.41) is 18.9. The molecule has 3 atom stereocenters. The lowest BCUT2D eigenvalue weighted by Crippen LogP contribution is -2.42. The van der Waals surface area contributed by atoms with Gasteiger partial charge >= 0.3 is 0 Å². The van der Waals surface area contributed by atoms with Crippen LogP contribution in [0.3, 0.4) is 0 Å². The van der Waals surface area contributed by atoms with Gasteiger partial charge in [-0.1, -0.05) is 29.3 Å². The SMILES string of the molecule is C[C@H](Oc1ccc(C#N)cn1)C1CN(C(=O)C2CCN(CC#N)CC2)C[C@@H]1c1ccc(Cl)c(Cl)c1. The van der Waals surface area contributed by atoms with Gasteiger partial charge < -0.3 is 9.64 Å². The molecule has 1 unspecified atom stereocenters. The van der Waals surface area contributed by atoms with E-state index in [9.17, 15) is 4.79 Å². The molecule has 0 aliphatic carbocycles. The maximum atomic E-state index is 13.5. The lowest BCUT2D eigenvalue weighted by atomic mass is 9.86. The molecule has 1 aromatic heterocycles. The third-order valence-corrected chi connectivity index (χ3v) is 7.79. The molecule has 9 heteroatoms. The molecule has 0 bridgehead atoms. The van der Waals surface area contributed by atoms with E-state index in [4.69, 9.17) is 38.5 Å². The molecule has 35 heavy (non-hydrogen) atoms. The number of hydrogen-bond donors (Lipinski definition) is 0. The number of carbonyl (C=O) groups excluding carboxylic acids is 1. The van der Waals surface area contributed by atoms with E-state index < -0.39 is 0 Å². The van der Waals surface area contributed by atoms with Crippen LogP contribution in [0.2, 0.25) is 10.0 Å². The van der Waals surface area contributed by atoms with Crippen LogP contribution >= 0.6 is 23.2 Å². The number of ether oxygens (including phenoxy) is 1. The summed E-state index contributed by atoms with van der Waals surface area (Å²) >= 11 is 12.5. The highest BCUT2D eigenvalue weighted by Gasteiger charge is 2.42. The molecule has 0 N–H and O–H groups in total. The number of aromatic nitrogens is 1. The zero-order valence-corrected chi connectivity index (χ0v) is 21.0. The zero-order chi connectivity index (χ0) is 24.9. The number of benzene rings is 1. The van der Waals surface area contributed by atoms with E-state index in [-0.39, 0.29) is 29.8 Å². The minimum absolute atomic E-state index is 0.0207. The molecule has 2 aromatic rings. The fourth-order valence-electron chi connectivity index (χ4n) is 5.07. The summed E-state index contributed by atoms with van der Waals surface area (Å²) in [6.45, 7) is 5.07. The average Bonchev–Trinajstić information content (AvgIpc) is 3.32. The number of carbonyl (C=O) groups is 1. The van der Waals surface area contributed by atoms with Gasteiger partial charge in [0, 0.05) is 43.1 Å². The maximum Gasteiger partial charge on any atom is 0.225 e. The fraction of sp³-hybridized carbons (Fsp3) is 0.462. The standard InChI is InChI=1S/C26H27Cl2N5O2/c1-17(35-25-5-2-18(13-30)14-31-25)21-15-33(16-22(21)20-3-4-23(27)24(28)12-20)26(34)19-6-9-32(10-7-19)11-8-29/h2-5,12,14,17,19,21-22H,6-7,9-11,15-16H2,1H3/t17-,21?,22+/m0/s1. The number of halogens is 2. The molecule has 2 saturated heterocycles. The monoisotopic (exact) mass is 511 g/mol. The van der Waals surface area contributed by atoms with Crippen LogP contribution in [-0.4, -0.2) is 59.5 Å². The van der Waals surface area contributed by atoms with Gasteiger partial charge in [0.05, 0.1) is 28.2 Å². The van der Waals surface area contributed by atoms with Crippen LogP contribution in [0, 0.1) is 34.5 Å². The number of rotatable bonds is 6. The van der Waals surface area contributed by atoms with Crippen molar-refractivity contribution in [1.29, 1.82) is 10.5 Å². The number of nitrogens with zero attached hydrogens (tertiary/aromatic N) is 5. The van der Waals surface area contributed by atoms with Gasteiger partial charge in [-0.05, 0) is 56.6 Å². The van der Waals surface area contributed by atoms with E-state index in [2.05, 4.69) is 22.0 Å². The number of likely N-dealkylation sites (tertiary alicyclic amines) is 2. The number of piperidine rings is 1. The molecule has 4 rings (SSSR count). The molecule has 7 nitrogen and oxygen atoms in total. The van der Waals surface area contributed by atoms with Crippen LogP contribution in [0.5, 0.6) is 5.88 Å². The molecule has 1 aromatic carbocycles. The van der Waals surface area contributed by atoms with Crippen molar-refractivity contribution < 1.29 is 9.53 Å². The van der Waals surface area contributed by atoms with Crippen LogP contribution < -0.4 is 4.74 Å². The molecule has 0 spiro atoms. The second-order valence-electron chi connectivity index (χ2n) is 9.22. The molecule has 1 amide bonds. The van der Waals surface area contributed by atoms with E-state index in [1.807, 2.05) is 24.0 Å². The van der Waals surface area contributed by atoms with Gasteiger partial charge in [0.1, 0.15) is 12.2 Å². The predicted molar refractivity (Wildman–Crippen MR) is 133 cm³/mol. The molecule has 0 radical (unpaired) electrons. The van der Waals surface area contributed by atoms with Crippen LogP contribution in [0.4, 0.5) is 0 Å². The van der Waals surface area contributed by atoms with Gasteiger partial charge in [-0.25, -0.2) is 4.98 Å². The molecule has 2 aliphatic rings. The van der Waals surface area contributed by atoms with Gasteiger partial charge in [-0.2, -0.15) is 10.5 Å². The Hall–Kier alpha value is -2.84. The van der Waals surface area contributed by atoms with Gasteiger partial charge in [-0.15, -0.1) is 0 Å². The van der Waals surface area contributed by atoms with E-state index >= 15 is 0 Å². The largest absolute Gasteiger partial charge is 0.474 e. The quantitative estimate of drug-likeness (QED) is 0.529. The third kappa shape index (κ3) is 5.87. The van der Waals surface area contributed by atoms with E-state index in [0.29, 0.717) is 41.1 Å². The summed E-state index contributed by atoms with van der Waals surface area (Å²) in [6, 6.07) is 13.2. The van der Waals surface area contributed by atoms with Crippen molar-refractivity contribution in [1.82, 2.24) is 14.8 Å². The lowest BCUT2D eigenvalue weighted by Gasteiger charge is -2.32. The Morgan fingerprint density at radius 3 is 2.57 bits per heavy atom. The highest BCUT2D eigenvalue weighted by atomic mass is 35.5. The summed E-state index contributed by atoms with van der Waals surface area (Å²) in [5.41, 5.74) is 1.49. The van der Waals surface area contributed by atoms with Crippen molar-refractivity contribution in [2.75, 3.05) is 32.7 Å². The Bertz CT molecular complexity index is 1140. The lowest BCUT2D eigenvalue weighted by molar-refractivity contribution is -0.136. The number of nitriles is 2. The van der Waals surface area contributed by atoms with Crippen molar-refractivity contribution in [2.45, 2.75) is 31.8 Å². The van der Waals surface area contributed by atoms with E-state index in [1.165, 1.54) is 6.20 Å². The normalized spacial score (nSPS) is 21.8. The molecule has 3 heterocycles. The summed E-state index contributed by atoms with van der Waals surface area (Å²) in [5.74, 6) is 0.625. The van der Waals surface area contributed by atoms with Gasteiger partial charge in [0.15, 0.2) is 0 Å². The second kappa shape index (κ2) is 11.3. The Labute approximate surface area is 215 Å². The Morgan fingerprint density at radius 1 is 1.17 bits per heavy atom. The maximum absolute atomic E-state index is 13.5. The summed E-state index contributed by atoms with van der Waals surface area (Å²) < 4.78 is 6.16. The average molecular weight is 512 g/mol. The molecule has 182 valence electrons. The summed E-state index contributed by atoms with van der Waals surface area (Å²) in [7, 11) is 0. The summed E-state index contributed by atoms with van der Waals surface area (Å²) in [4.78, 5) is 21.8. The van der Waals surface area contributed by atoms with Gasteiger partial charge in [0.25, 0.3) is 0 Å². The highest BCUT2D eigenvalue weighted by Crippen LogP contribution is 2.39. The first-order valence-electron chi connectivity index (χ1n) is 11.8. The first-order valence-corrected chi connectivity index (χ1v) is 12.5. The molecule has 2 aliphatic heterocycles. The Morgan fingerprint density at radius 2 is 1.94 bits per heavy atom. The minimum atomic E-state index is -0.231. The third-order valence-electron chi connectivity index (χ3n) is 7.05. The van der Waals surface area contributed by atoms with Crippen LogP contribution in [0.1, 0.15) is 36.8 Å². The van der Waals surface area contributed by atoms with Crippen molar-refractivity contribution in [3.8, 4) is 18.0 Å². The molecule has 2 fully saturated rings. The fourth-order valence-corrected chi connectivity index (χ4v) is 5.38. The number of pyridine rings is 1. The number of hydrogen-bond acceptors (Lipinski definition) is 6. The van der Waals surface area contributed by atoms with E-state index in [0.717, 1.165) is 31.5 Å².